The maximum absolute atomic E-state index is 12.5. The second kappa shape index (κ2) is 9.32. The van der Waals surface area contributed by atoms with Gasteiger partial charge < -0.3 is 9.64 Å². The molecule has 0 aromatic carbocycles. The Morgan fingerprint density at radius 2 is 1.64 bits per heavy atom. The molecule has 6 nitrogen and oxygen atoms in total. The van der Waals surface area contributed by atoms with Gasteiger partial charge in [0.05, 0.1) is 22.1 Å². The summed E-state index contributed by atoms with van der Waals surface area (Å²) in [4.78, 5) is 29.1. The van der Waals surface area contributed by atoms with Crippen molar-refractivity contribution in [2.75, 3.05) is 13.1 Å². The van der Waals surface area contributed by atoms with Gasteiger partial charge in [0.2, 0.25) is 0 Å². The molecule has 1 aliphatic heterocycles. The first kappa shape index (κ1) is 25.6. The molecule has 0 spiro atoms. The first-order valence-electron chi connectivity index (χ1n) is 12.0. The average Bonchev–Trinajstić information content (AvgIpc) is 3.22. The molecule has 0 radical (unpaired) electrons. The molecule has 0 saturated carbocycles. The van der Waals surface area contributed by atoms with E-state index in [9.17, 15) is 4.79 Å². The lowest BCUT2D eigenvalue weighted by atomic mass is 9.89. The third kappa shape index (κ3) is 6.31. The van der Waals surface area contributed by atoms with Gasteiger partial charge in [-0.1, -0.05) is 48.5 Å². The topological polar surface area (TPSA) is 68.2 Å². The monoisotopic (exact) mass is 472 g/mol. The summed E-state index contributed by atoms with van der Waals surface area (Å²) in [5.74, 6) is 1.21. The summed E-state index contributed by atoms with van der Waals surface area (Å²) >= 11 is 1.69. The van der Waals surface area contributed by atoms with Gasteiger partial charge in [0.15, 0.2) is 0 Å². The Kier molecular flexibility index (Phi) is 7.23. The standard InChI is InChI=1S/C26H40N4O2S/c1-10-26(8,9)32-23(31)30-13-11-17(12-14-30)21-27-19(16-33-21)18-15-20(24(2,3)4)29-22(28-18)25(5,6)7/h15-17H,10-14H2,1-9H3. The van der Waals surface area contributed by atoms with Crippen molar-refractivity contribution in [1.29, 1.82) is 0 Å². The van der Waals surface area contributed by atoms with Gasteiger partial charge in [-0.15, -0.1) is 11.3 Å². The van der Waals surface area contributed by atoms with Crippen LogP contribution in [0.25, 0.3) is 11.4 Å². The summed E-state index contributed by atoms with van der Waals surface area (Å²) in [5.41, 5.74) is 2.22. The van der Waals surface area contributed by atoms with Crippen LogP contribution in [-0.4, -0.2) is 44.6 Å². The normalized spacial score (nSPS) is 16.2. The van der Waals surface area contributed by atoms with Crippen molar-refractivity contribution >= 4 is 17.4 Å². The van der Waals surface area contributed by atoms with E-state index in [2.05, 4.69) is 53.0 Å². The minimum atomic E-state index is -0.423. The van der Waals surface area contributed by atoms with Crippen molar-refractivity contribution in [3.05, 3.63) is 28.0 Å². The van der Waals surface area contributed by atoms with Gasteiger partial charge in [-0.05, 0) is 39.2 Å². The predicted octanol–water partition coefficient (Wildman–Crippen LogP) is 6.70. The van der Waals surface area contributed by atoms with Crippen LogP contribution in [0.15, 0.2) is 11.4 Å². The maximum Gasteiger partial charge on any atom is 0.410 e. The Bertz CT molecular complexity index is 945. The summed E-state index contributed by atoms with van der Waals surface area (Å²) in [7, 11) is 0. The van der Waals surface area contributed by atoms with Crippen molar-refractivity contribution in [3.8, 4) is 11.4 Å². The number of carbonyl (C=O) groups is 1. The first-order valence-corrected chi connectivity index (χ1v) is 12.9. The Morgan fingerprint density at radius 1 is 1.00 bits per heavy atom. The van der Waals surface area contributed by atoms with E-state index in [0.717, 1.165) is 47.2 Å². The zero-order valence-electron chi connectivity index (χ0n) is 21.8. The number of aromatic nitrogens is 3. The van der Waals surface area contributed by atoms with Crippen LogP contribution in [0.3, 0.4) is 0 Å². The first-order chi connectivity index (χ1) is 15.2. The van der Waals surface area contributed by atoms with E-state index < -0.39 is 5.60 Å². The number of nitrogens with zero attached hydrogens (tertiary/aromatic N) is 4. The Hall–Kier alpha value is -2.02. The second-order valence-corrected chi connectivity index (χ2v) is 12.7. The van der Waals surface area contributed by atoms with Crippen LogP contribution in [0.5, 0.6) is 0 Å². The van der Waals surface area contributed by atoms with Crippen LogP contribution in [0, 0.1) is 0 Å². The SMILES string of the molecule is CCC(C)(C)OC(=O)N1CCC(c2nc(-c3cc(C(C)(C)C)nc(C(C)(C)C)n3)cs2)CC1. The quantitative estimate of drug-likeness (QED) is 0.495. The molecule has 3 heterocycles. The fourth-order valence-electron chi connectivity index (χ4n) is 3.57. The van der Waals surface area contributed by atoms with Crippen LogP contribution < -0.4 is 0 Å². The molecule has 2 aromatic rings. The fourth-order valence-corrected chi connectivity index (χ4v) is 4.56. The van der Waals surface area contributed by atoms with E-state index in [-0.39, 0.29) is 16.9 Å². The summed E-state index contributed by atoms with van der Waals surface area (Å²) in [6.07, 6.45) is 2.40. The molecule has 1 aliphatic rings. The molecular weight excluding hydrogens is 432 g/mol. The molecule has 7 heteroatoms. The van der Waals surface area contributed by atoms with Crippen LogP contribution in [0.4, 0.5) is 4.79 Å². The number of likely N-dealkylation sites (tertiary alicyclic amines) is 1. The van der Waals surface area contributed by atoms with Crippen LogP contribution in [0.1, 0.15) is 104 Å². The lowest BCUT2D eigenvalue weighted by Crippen LogP contribution is -2.42. The van der Waals surface area contributed by atoms with Gasteiger partial charge >= 0.3 is 6.09 Å². The molecule has 0 atom stereocenters. The number of hydrogen-bond donors (Lipinski definition) is 0. The van der Waals surface area contributed by atoms with Crippen molar-refractivity contribution in [2.45, 2.75) is 104 Å². The average molecular weight is 473 g/mol. The van der Waals surface area contributed by atoms with Crippen LogP contribution in [-0.2, 0) is 15.6 Å². The van der Waals surface area contributed by atoms with Crippen LogP contribution in [0.2, 0.25) is 0 Å². The third-order valence-electron chi connectivity index (χ3n) is 6.27. The number of ether oxygens (including phenoxy) is 1. The van der Waals surface area contributed by atoms with E-state index in [1.165, 1.54) is 0 Å². The maximum atomic E-state index is 12.5. The number of amides is 1. The third-order valence-corrected chi connectivity index (χ3v) is 7.27. The highest BCUT2D eigenvalue weighted by molar-refractivity contribution is 7.10. The zero-order chi connectivity index (χ0) is 24.6. The zero-order valence-corrected chi connectivity index (χ0v) is 22.6. The molecule has 0 unspecified atom stereocenters. The fraction of sp³-hybridized carbons (Fsp3) is 0.692. The lowest BCUT2D eigenvalue weighted by molar-refractivity contribution is 0.00750. The lowest BCUT2D eigenvalue weighted by Gasteiger charge is -2.33. The molecule has 0 aliphatic carbocycles. The van der Waals surface area contributed by atoms with E-state index in [1.54, 1.807) is 11.3 Å². The number of rotatable bonds is 4. The van der Waals surface area contributed by atoms with E-state index in [0.29, 0.717) is 19.0 Å². The minimum Gasteiger partial charge on any atom is -0.443 e. The molecule has 1 amide bonds. The van der Waals surface area contributed by atoms with E-state index in [1.807, 2.05) is 25.7 Å². The number of thiazole rings is 1. The van der Waals surface area contributed by atoms with Crippen molar-refractivity contribution in [3.63, 3.8) is 0 Å². The largest absolute Gasteiger partial charge is 0.443 e. The van der Waals surface area contributed by atoms with Gasteiger partial charge in [0.1, 0.15) is 11.4 Å². The molecule has 3 rings (SSSR count). The van der Waals surface area contributed by atoms with Gasteiger partial charge in [-0.25, -0.2) is 19.7 Å². The second-order valence-electron chi connectivity index (χ2n) is 11.8. The summed E-state index contributed by atoms with van der Waals surface area (Å²) in [6, 6.07) is 2.09. The van der Waals surface area contributed by atoms with Crippen molar-refractivity contribution in [1.82, 2.24) is 19.9 Å². The molecule has 2 aromatic heterocycles. The smallest absolute Gasteiger partial charge is 0.410 e. The Morgan fingerprint density at radius 3 is 2.18 bits per heavy atom. The molecule has 33 heavy (non-hydrogen) atoms. The predicted molar refractivity (Wildman–Crippen MR) is 135 cm³/mol. The molecule has 1 saturated heterocycles. The highest BCUT2D eigenvalue weighted by Crippen LogP contribution is 2.34. The van der Waals surface area contributed by atoms with Gasteiger partial charge in [-0.2, -0.15) is 0 Å². The van der Waals surface area contributed by atoms with Crippen molar-refractivity contribution < 1.29 is 9.53 Å². The molecule has 0 N–H and O–H groups in total. The number of piperidine rings is 1. The minimum absolute atomic E-state index is 0.0652. The van der Waals surface area contributed by atoms with Gasteiger partial charge in [0, 0.05) is 35.2 Å². The van der Waals surface area contributed by atoms with E-state index >= 15 is 0 Å². The van der Waals surface area contributed by atoms with Crippen LogP contribution >= 0.6 is 11.3 Å². The molecule has 1 fully saturated rings. The Balaban J connectivity index is 1.75. The summed E-state index contributed by atoms with van der Waals surface area (Å²) < 4.78 is 5.67. The Labute approximate surface area is 203 Å². The number of carbonyl (C=O) groups excluding carboxylic acids is 1. The molecule has 0 bridgehead atoms. The van der Waals surface area contributed by atoms with Crippen molar-refractivity contribution in [2.24, 2.45) is 0 Å². The summed E-state index contributed by atoms with van der Waals surface area (Å²) in [6.45, 7) is 20.3. The highest BCUT2D eigenvalue weighted by atomic mass is 32.1. The molecule has 182 valence electrons. The number of hydrogen-bond acceptors (Lipinski definition) is 6. The van der Waals surface area contributed by atoms with Gasteiger partial charge in [0.25, 0.3) is 0 Å². The molecular formula is C26H40N4O2S. The van der Waals surface area contributed by atoms with Gasteiger partial charge in [-0.3, -0.25) is 0 Å². The summed E-state index contributed by atoms with van der Waals surface area (Å²) in [5, 5.41) is 3.24. The highest BCUT2D eigenvalue weighted by Gasteiger charge is 2.30. The van der Waals surface area contributed by atoms with E-state index in [4.69, 9.17) is 19.7 Å².